The zero-order chi connectivity index (χ0) is 17.6. The van der Waals surface area contributed by atoms with Crippen LogP contribution in [0.15, 0.2) is 47.9 Å². The lowest BCUT2D eigenvalue weighted by Gasteiger charge is -2.30. The molecule has 0 spiro atoms. The number of hydrogen-bond donors (Lipinski definition) is 1. The molecular formula is C18H21N5O2. The van der Waals surface area contributed by atoms with Gasteiger partial charge in [-0.15, -0.1) is 6.58 Å². The van der Waals surface area contributed by atoms with Crippen molar-refractivity contribution in [3.8, 4) is 11.3 Å². The van der Waals surface area contributed by atoms with Crippen molar-refractivity contribution in [2.75, 3.05) is 25.0 Å². The molecule has 1 amide bonds. The SMILES string of the molecule is C=CCCNc1ccc(-c2ccc(=O)n(CC(=O)N3CCC3)n2)cn1. The molecule has 2 aromatic rings. The molecule has 1 aliphatic rings. The van der Waals surface area contributed by atoms with E-state index in [1.54, 1.807) is 17.2 Å². The molecule has 130 valence electrons. The zero-order valence-electron chi connectivity index (χ0n) is 14.0. The predicted octanol–water partition coefficient (Wildman–Crippen LogP) is 1.53. The second-order valence-electron chi connectivity index (χ2n) is 5.89. The molecule has 25 heavy (non-hydrogen) atoms. The van der Waals surface area contributed by atoms with Crippen molar-refractivity contribution in [1.82, 2.24) is 19.7 Å². The average molecular weight is 339 g/mol. The molecular weight excluding hydrogens is 318 g/mol. The molecule has 7 heteroatoms. The molecule has 0 saturated carbocycles. The van der Waals surface area contributed by atoms with Crippen molar-refractivity contribution in [3.05, 3.63) is 53.5 Å². The van der Waals surface area contributed by atoms with Crippen molar-refractivity contribution in [2.24, 2.45) is 0 Å². The van der Waals surface area contributed by atoms with Crippen LogP contribution in [0.25, 0.3) is 11.3 Å². The number of pyridine rings is 1. The van der Waals surface area contributed by atoms with Gasteiger partial charge in [0.1, 0.15) is 12.4 Å². The van der Waals surface area contributed by atoms with Crippen molar-refractivity contribution in [2.45, 2.75) is 19.4 Å². The molecule has 1 aliphatic heterocycles. The van der Waals surface area contributed by atoms with Gasteiger partial charge in [0, 0.05) is 37.5 Å². The summed E-state index contributed by atoms with van der Waals surface area (Å²) in [6, 6.07) is 6.83. The van der Waals surface area contributed by atoms with E-state index in [0.717, 1.165) is 43.9 Å². The molecule has 2 aromatic heterocycles. The van der Waals surface area contributed by atoms with Crippen LogP contribution >= 0.6 is 0 Å². The molecule has 0 aliphatic carbocycles. The Kier molecular flexibility index (Phi) is 5.23. The third-order valence-corrected chi connectivity index (χ3v) is 4.07. The highest BCUT2D eigenvalue weighted by atomic mass is 16.2. The molecule has 1 N–H and O–H groups in total. The quantitative estimate of drug-likeness (QED) is 0.611. The van der Waals surface area contributed by atoms with Gasteiger partial charge in [0.05, 0.1) is 5.69 Å². The lowest BCUT2D eigenvalue weighted by Crippen LogP contribution is -2.45. The van der Waals surface area contributed by atoms with Gasteiger partial charge in [-0.3, -0.25) is 9.59 Å². The Balaban J connectivity index is 1.73. The van der Waals surface area contributed by atoms with Gasteiger partial charge >= 0.3 is 0 Å². The van der Waals surface area contributed by atoms with Crippen LogP contribution in [-0.2, 0) is 11.3 Å². The number of carbonyl (C=O) groups is 1. The van der Waals surface area contributed by atoms with Crippen LogP contribution in [0.1, 0.15) is 12.8 Å². The predicted molar refractivity (Wildman–Crippen MR) is 96.2 cm³/mol. The maximum absolute atomic E-state index is 12.1. The van der Waals surface area contributed by atoms with Crippen LogP contribution in [0.3, 0.4) is 0 Å². The summed E-state index contributed by atoms with van der Waals surface area (Å²) >= 11 is 0. The van der Waals surface area contributed by atoms with E-state index in [0.29, 0.717) is 5.69 Å². The molecule has 0 atom stereocenters. The fraction of sp³-hybridized carbons (Fsp3) is 0.333. The van der Waals surface area contributed by atoms with Gasteiger partial charge in [-0.2, -0.15) is 5.10 Å². The summed E-state index contributed by atoms with van der Waals surface area (Å²) in [4.78, 5) is 30.1. The molecule has 0 aromatic carbocycles. The highest BCUT2D eigenvalue weighted by Gasteiger charge is 2.21. The molecule has 0 bridgehead atoms. The Labute approximate surface area is 146 Å². The number of amides is 1. The van der Waals surface area contributed by atoms with Gasteiger partial charge in [-0.05, 0) is 31.0 Å². The maximum Gasteiger partial charge on any atom is 0.267 e. The van der Waals surface area contributed by atoms with E-state index in [1.807, 2.05) is 18.2 Å². The number of carbonyl (C=O) groups excluding carboxylic acids is 1. The fourth-order valence-corrected chi connectivity index (χ4v) is 2.46. The number of nitrogens with zero attached hydrogens (tertiary/aromatic N) is 4. The zero-order valence-corrected chi connectivity index (χ0v) is 14.0. The Morgan fingerprint density at radius 3 is 2.76 bits per heavy atom. The summed E-state index contributed by atoms with van der Waals surface area (Å²) in [5, 5.41) is 7.50. The third kappa shape index (κ3) is 4.12. The number of nitrogens with one attached hydrogen (secondary N) is 1. The molecule has 3 rings (SSSR count). The Morgan fingerprint density at radius 1 is 1.28 bits per heavy atom. The first-order valence-corrected chi connectivity index (χ1v) is 8.34. The Bertz CT molecular complexity index is 809. The molecule has 7 nitrogen and oxygen atoms in total. The summed E-state index contributed by atoms with van der Waals surface area (Å²) in [5.41, 5.74) is 1.12. The Morgan fingerprint density at radius 2 is 2.12 bits per heavy atom. The van der Waals surface area contributed by atoms with Crippen LogP contribution < -0.4 is 10.9 Å². The van der Waals surface area contributed by atoms with Crippen LogP contribution in [-0.4, -0.2) is 45.2 Å². The molecule has 0 unspecified atom stereocenters. The van der Waals surface area contributed by atoms with Gasteiger partial charge < -0.3 is 10.2 Å². The summed E-state index contributed by atoms with van der Waals surface area (Å²) in [7, 11) is 0. The highest BCUT2D eigenvalue weighted by Crippen LogP contribution is 2.16. The minimum atomic E-state index is -0.284. The normalized spacial score (nSPS) is 13.2. The summed E-state index contributed by atoms with van der Waals surface area (Å²) in [5.74, 6) is 0.699. The molecule has 0 radical (unpaired) electrons. The minimum Gasteiger partial charge on any atom is -0.370 e. The average Bonchev–Trinajstić information content (AvgIpc) is 2.56. The van der Waals surface area contributed by atoms with Crippen molar-refractivity contribution >= 4 is 11.7 Å². The number of hydrogen-bond acceptors (Lipinski definition) is 5. The van der Waals surface area contributed by atoms with Gasteiger partial charge in [0.25, 0.3) is 5.56 Å². The number of aromatic nitrogens is 3. The number of rotatable bonds is 7. The monoisotopic (exact) mass is 339 g/mol. The van der Waals surface area contributed by atoms with Crippen LogP contribution in [0, 0.1) is 0 Å². The number of anilines is 1. The highest BCUT2D eigenvalue weighted by molar-refractivity contribution is 5.76. The summed E-state index contributed by atoms with van der Waals surface area (Å²) in [6.07, 6.45) is 5.43. The van der Waals surface area contributed by atoms with E-state index in [-0.39, 0.29) is 18.0 Å². The smallest absolute Gasteiger partial charge is 0.267 e. The van der Waals surface area contributed by atoms with Crippen LogP contribution in [0.4, 0.5) is 5.82 Å². The van der Waals surface area contributed by atoms with Crippen molar-refractivity contribution in [1.29, 1.82) is 0 Å². The minimum absolute atomic E-state index is 0.0265. The van der Waals surface area contributed by atoms with Crippen LogP contribution in [0.2, 0.25) is 0 Å². The van der Waals surface area contributed by atoms with Gasteiger partial charge in [-0.25, -0.2) is 9.67 Å². The topological polar surface area (TPSA) is 80.1 Å². The first-order chi connectivity index (χ1) is 12.2. The van der Waals surface area contributed by atoms with Crippen LogP contribution in [0.5, 0.6) is 0 Å². The van der Waals surface area contributed by atoms with Crippen molar-refractivity contribution in [3.63, 3.8) is 0 Å². The third-order valence-electron chi connectivity index (χ3n) is 4.07. The van der Waals surface area contributed by atoms with E-state index in [4.69, 9.17) is 0 Å². The first-order valence-electron chi connectivity index (χ1n) is 8.34. The Hall–Kier alpha value is -2.96. The molecule has 1 fully saturated rings. The number of likely N-dealkylation sites (tertiary alicyclic amines) is 1. The lowest BCUT2D eigenvalue weighted by atomic mass is 10.2. The van der Waals surface area contributed by atoms with E-state index in [1.165, 1.54) is 10.7 Å². The summed E-state index contributed by atoms with van der Waals surface area (Å²) in [6.45, 7) is 5.95. The first kappa shape index (κ1) is 16.9. The second kappa shape index (κ2) is 7.74. The van der Waals surface area contributed by atoms with E-state index in [9.17, 15) is 9.59 Å². The lowest BCUT2D eigenvalue weighted by molar-refractivity contribution is -0.135. The molecule has 3 heterocycles. The summed E-state index contributed by atoms with van der Waals surface area (Å²) < 4.78 is 1.21. The van der Waals surface area contributed by atoms with Gasteiger partial charge in [-0.1, -0.05) is 6.08 Å². The maximum atomic E-state index is 12.1. The standard InChI is InChI=1S/C18H21N5O2/c1-2-3-9-19-16-7-5-14(12-20-16)15-6-8-17(24)23(21-15)13-18(25)22-10-4-11-22/h2,5-8,12H,1,3-4,9-11,13H2,(H,19,20). The second-order valence-corrected chi connectivity index (χ2v) is 5.89. The molecule has 1 saturated heterocycles. The van der Waals surface area contributed by atoms with Gasteiger partial charge in [0.2, 0.25) is 5.91 Å². The van der Waals surface area contributed by atoms with E-state index >= 15 is 0 Å². The van der Waals surface area contributed by atoms with Gasteiger partial charge in [0.15, 0.2) is 0 Å². The largest absolute Gasteiger partial charge is 0.370 e. The van der Waals surface area contributed by atoms with E-state index in [2.05, 4.69) is 22.0 Å². The van der Waals surface area contributed by atoms with Crippen molar-refractivity contribution < 1.29 is 4.79 Å². The van der Waals surface area contributed by atoms with E-state index < -0.39 is 0 Å². The fourth-order valence-electron chi connectivity index (χ4n) is 2.46.